The second kappa shape index (κ2) is 4.53. The normalized spacial score (nSPS) is 10.7. The maximum absolute atomic E-state index is 10.6. The van der Waals surface area contributed by atoms with Crippen LogP contribution >= 0.6 is 0 Å². The molecule has 0 bridgehead atoms. The molecule has 3 aromatic rings. The summed E-state index contributed by atoms with van der Waals surface area (Å²) in [4.78, 5) is 22.2. The molecule has 2 N–H and O–H groups in total. The van der Waals surface area contributed by atoms with Gasteiger partial charge < -0.3 is 10.1 Å². The van der Waals surface area contributed by atoms with Gasteiger partial charge in [-0.25, -0.2) is 4.98 Å². The van der Waals surface area contributed by atoms with Gasteiger partial charge in [-0.1, -0.05) is 6.07 Å². The molecular weight excluding hydrogens is 242 g/mol. The number of carboxylic acid groups (broad SMARTS) is 1. The molecule has 0 aromatic carbocycles. The van der Waals surface area contributed by atoms with Crippen molar-refractivity contribution in [2.24, 2.45) is 0 Å². The lowest BCUT2D eigenvalue weighted by atomic mass is 10.1. The van der Waals surface area contributed by atoms with Gasteiger partial charge in [0.2, 0.25) is 0 Å². The molecule has 0 saturated heterocycles. The Labute approximate surface area is 109 Å². The predicted molar refractivity (Wildman–Crippen MR) is 70.7 cm³/mol. The van der Waals surface area contributed by atoms with E-state index in [1.165, 1.54) is 0 Å². The van der Waals surface area contributed by atoms with Gasteiger partial charge in [0.05, 0.1) is 12.1 Å². The monoisotopic (exact) mass is 253 g/mol. The number of nitrogens with one attached hydrogen (secondary N) is 1. The molecule has 5 nitrogen and oxygen atoms in total. The van der Waals surface area contributed by atoms with E-state index in [1.807, 2.05) is 24.4 Å². The van der Waals surface area contributed by atoms with Gasteiger partial charge in [0.1, 0.15) is 5.65 Å². The van der Waals surface area contributed by atoms with E-state index in [2.05, 4.69) is 15.0 Å². The number of aromatic amines is 1. The Hall–Kier alpha value is -2.69. The summed E-state index contributed by atoms with van der Waals surface area (Å²) in [5.74, 6) is -0.855. The summed E-state index contributed by atoms with van der Waals surface area (Å²) in [6.45, 7) is 0. The first kappa shape index (κ1) is 11.4. The molecule has 0 amide bonds. The topological polar surface area (TPSA) is 78.9 Å². The standard InChI is InChI=1S/C14H11N3O2/c18-13(19)7-9-1-2-12(17-8-9)10-3-5-15-14-11(10)4-6-16-14/h1-6,8H,7H2,(H,15,16)(H,18,19). The second-order valence-corrected chi connectivity index (χ2v) is 4.22. The molecule has 0 saturated carbocycles. The fraction of sp³-hybridized carbons (Fsp3) is 0.0714. The number of aliphatic carboxylic acids is 1. The molecule has 94 valence electrons. The van der Waals surface area contributed by atoms with E-state index in [1.54, 1.807) is 18.5 Å². The molecular formula is C14H11N3O2. The van der Waals surface area contributed by atoms with Gasteiger partial charge in [-0.15, -0.1) is 0 Å². The molecule has 3 aromatic heterocycles. The van der Waals surface area contributed by atoms with Gasteiger partial charge in [0, 0.05) is 29.5 Å². The number of H-pyrrole nitrogens is 1. The van der Waals surface area contributed by atoms with Crippen LogP contribution in [0, 0.1) is 0 Å². The fourth-order valence-corrected chi connectivity index (χ4v) is 2.05. The quantitative estimate of drug-likeness (QED) is 0.750. The molecule has 0 fully saturated rings. The van der Waals surface area contributed by atoms with Crippen molar-refractivity contribution in [2.45, 2.75) is 6.42 Å². The molecule has 0 aliphatic rings. The average molecular weight is 253 g/mol. The zero-order chi connectivity index (χ0) is 13.2. The predicted octanol–water partition coefficient (Wildman–Crippen LogP) is 2.25. The van der Waals surface area contributed by atoms with Crippen molar-refractivity contribution in [3.05, 3.63) is 48.4 Å². The summed E-state index contributed by atoms with van der Waals surface area (Å²) in [6.07, 6.45) is 5.15. The van der Waals surface area contributed by atoms with Crippen LogP contribution in [0.3, 0.4) is 0 Å². The van der Waals surface area contributed by atoms with Gasteiger partial charge in [-0.3, -0.25) is 9.78 Å². The van der Waals surface area contributed by atoms with Crippen LogP contribution in [0.4, 0.5) is 0 Å². The number of fused-ring (bicyclic) bond motifs is 1. The lowest BCUT2D eigenvalue weighted by Gasteiger charge is -2.03. The lowest BCUT2D eigenvalue weighted by Crippen LogP contribution is -2.00. The number of hydrogen-bond acceptors (Lipinski definition) is 3. The van der Waals surface area contributed by atoms with Crippen molar-refractivity contribution in [2.75, 3.05) is 0 Å². The Kier molecular flexibility index (Phi) is 2.72. The molecule has 19 heavy (non-hydrogen) atoms. The Bertz CT molecular complexity index is 732. The third-order valence-corrected chi connectivity index (χ3v) is 2.92. The SMILES string of the molecule is O=C(O)Cc1ccc(-c2ccnc3[nH]ccc23)nc1. The molecule has 0 atom stereocenters. The number of carbonyl (C=O) groups is 1. The van der Waals surface area contributed by atoms with Crippen LogP contribution in [-0.2, 0) is 11.2 Å². The Morgan fingerprint density at radius 2 is 2.11 bits per heavy atom. The van der Waals surface area contributed by atoms with Crippen LogP contribution in [0.5, 0.6) is 0 Å². The van der Waals surface area contributed by atoms with Gasteiger partial charge in [-0.2, -0.15) is 0 Å². The summed E-state index contributed by atoms with van der Waals surface area (Å²) in [5.41, 5.74) is 3.29. The first-order valence-corrected chi connectivity index (χ1v) is 5.83. The summed E-state index contributed by atoms with van der Waals surface area (Å²) < 4.78 is 0. The Balaban J connectivity index is 2.02. The van der Waals surface area contributed by atoms with Crippen LogP contribution in [0.15, 0.2) is 42.9 Å². The molecule has 0 unspecified atom stereocenters. The number of carboxylic acids is 1. The largest absolute Gasteiger partial charge is 0.481 e. The fourth-order valence-electron chi connectivity index (χ4n) is 2.05. The van der Waals surface area contributed by atoms with E-state index in [0.717, 1.165) is 22.3 Å². The zero-order valence-electron chi connectivity index (χ0n) is 10.00. The van der Waals surface area contributed by atoms with E-state index < -0.39 is 5.97 Å². The third-order valence-electron chi connectivity index (χ3n) is 2.92. The van der Waals surface area contributed by atoms with Crippen LogP contribution in [-0.4, -0.2) is 26.0 Å². The van der Waals surface area contributed by atoms with Crippen molar-refractivity contribution in [3.63, 3.8) is 0 Å². The number of rotatable bonds is 3. The van der Waals surface area contributed by atoms with E-state index >= 15 is 0 Å². The van der Waals surface area contributed by atoms with Crippen LogP contribution in [0.25, 0.3) is 22.3 Å². The molecule has 0 aliphatic carbocycles. The van der Waals surface area contributed by atoms with Gasteiger partial charge in [0.25, 0.3) is 0 Å². The molecule has 0 aliphatic heterocycles. The maximum atomic E-state index is 10.6. The highest BCUT2D eigenvalue weighted by atomic mass is 16.4. The summed E-state index contributed by atoms with van der Waals surface area (Å²) >= 11 is 0. The molecule has 3 rings (SSSR count). The zero-order valence-corrected chi connectivity index (χ0v) is 10.00. The minimum absolute atomic E-state index is 0.0107. The summed E-state index contributed by atoms with van der Waals surface area (Å²) in [6, 6.07) is 7.47. The van der Waals surface area contributed by atoms with Gasteiger partial charge >= 0.3 is 5.97 Å². The third kappa shape index (κ3) is 2.18. The molecule has 5 heteroatoms. The van der Waals surface area contributed by atoms with E-state index in [4.69, 9.17) is 5.11 Å². The van der Waals surface area contributed by atoms with E-state index in [-0.39, 0.29) is 6.42 Å². The minimum atomic E-state index is -0.855. The molecule has 3 heterocycles. The number of aromatic nitrogens is 3. The summed E-state index contributed by atoms with van der Waals surface area (Å²) in [5, 5.41) is 9.73. The van der Waals surface area contributed by atoms with Crippen LogP contribution < -0.4 is 0 Å². The Morgan fingerprint density at radius 1 is 1.21 bits per heavy atom. The van der Waals surface area contributed by atoms with E-state index in [0.29, 0.717) is 5.56 Å². The van der Waals surface area contributed by atoms with Crippen molar-refractivity contribution >= 4 is 17.0 Å². The highest BCUT2D eigenvalue weighted by Gasteiger charge is 2.07. The summed E-state index contributed by atoms with van der Waals surface area (Å²) in [7, 11) is 0. The number of nitrogens with zero attached hydrogens (tertiary/aromatic N) is 2. The van der Waals surface area contributed by atoms with E-state index in [9.17, 15) is 4.79 Å². The van der Waals surface area contributed by atoms with Gasteiger partial charge in [-0.05, 0) is 23.8 Å². The van der Waals surface area contributed by atoms with Crippen molar-refractivity contribution in [1.82, 2.24) is 15.0 Å². The van der Waals surface area contributed by atoms with Crippen molar-refractivity contribution in [3.8, 4) is 11.3 Å². The molecule has 0 spiro atoms. The van der Waals surface area contributed by atoms with Gasteiger partial charge in [0.15, 0.2) is 0 Å². The van der Waals surface area contributed by atoms with Crippen LogP contribution in [0.1, 0.15) is 5.56 Å². The average Bonchev–Trinajstić information content (AvgIpc) is 2.87. The van der Waals surface area contributed by atoms with Crippen molar-refractivity contribution < 1.29 is 9.90 Å². The first-order valence-electron chi connectivity index (χ1n) is 5.83. The number of pyridine rings is 2. The highest BCUT2D eigenvalue weighted by molar-refractivity contribution is 5.91. The van der Waals surface area contributed by atoms with Crippen molar-refractivity contribution in [1.29, 1.82) is 0 Å². The maximum Gasteiger partial charge on any atom is 0.307 e. The number of hydrogen-bond donors (Lipinski definition) is 2. The first-order chi connectivity index (χ1) is 9.24. The lowest BCUT2D eigenvalue weighted by molar-refractivity contribution is -0.136. The minimum Gasteiger partial charge on any atom is -0.481 e. The van der Waals surface area contributed by atoms with Crippen LogP contribution in [0.2, 0.25) is 0 Å². The Morgan fingerprint density at radius 3 is 2.84 bits per heavy atom. The second-order valence-electron chi connectivity index (χ2n) is 4.22. The highest BCUT2D eigenvalue weighted by Crippen LogP contribution is 2.25. The molecule has 0 radical (unpaired) electrons. The smallest absolute Gasteiger partial charge is 0.307 e.